The molecular formula is C10H12N2O3. The first-order valence-corrected chi connectivity index (χ1v) is 4.40. The Morgan fingerprint density at radius 2 is 2.00 bits per heavy atom. The number of carbonyl (C=O) groups is 2. The van der Waals surface area contributed by atoms with Crippen LogP contribution in [0.1, 0.15) is 18.5 Å². The van der Waals surface area contributed by atoms with Gasteiger partial charge in [0.1, 0.15) is 0 Å². The molecule has 1 unspecified atom stereocenters. The number of methoxy groups -OCH3 is 1. The van der Waals surface area contributed by atoms with Gasteiger partial charge in [-0.2, -0.15) is 0 Å². The molecule has 1 heterocycles. The van der Waals surface area contributed by atoms with Gasteiger partial charge in [0, 0.05) is 19.3 Å². The first-order chi connectivity index (χ1) is 7.15. The fourth-order valence-corrected chi connectivity index (χ4v) is 1.16. The highest BCUT2D eigenvalue weighted by molar-refractivity contribution is 5.84. The monoisotopic (exact) mass is 208 g/mol. The largest absolute Gasteiger partial charge is 0.467 e. The van der Waals surface area contributed by atoms with Gasteiger partial charge in [0.15, 0.2) is 6.04 Å². The van der Waals surface area contributed by atoms with Crippen molar-refractivity contribution in [2.45, 2.75) is 13.0 Å². The fourth-order valence-electron chi connectivity index (χ4n) is 1.16. The highest BCUT2D eigenvalue weighted by atomic mass is 16.5. The van der Waals surface area contributed by atoms with Crippen LogP contribution in [-0.4, -0.2) is 24.0 Å². The lowest BCUT2D eigenvalue weighted by Crippen LogP contribution is -2.32. The Labute approximate surface area is 87.5 Å². The highest BCUT2D eigenvalue weighted by Crippen LogP contribution is 2.12. The average molecular weight is 208 g/mol. The minimum Gasteiger partial charge on any atom is -0.467 e. The van der Waals surface area contributed by atoms with E-state index in [9.17, 15) is 9.59 Å². The predicted octanol–water partition coefficient (Wildman–Crippen LogP) is 0.432. The normalized spacial score (nSPS) is 11.6. The molecule has 1 rings (SSSR count). The smallest absolute Gasteiger partial charge is 0.333 e. The van der Waals surface area contributed by atoms with E-state index in [0.29, 0.717) is 5.56 Å². The molecule has 0 fully saturated rings. The maximum atomic E-state index is 11.4. The SMILES string of the molecule is COC(=O)C(NC(C)=O)c1ccncc1. The number of rotatable bonds is 3. The zero-order valence-electron chi connectivity index (χ0n) is 8.56. The number of esters is 1. The van der Waals surface area contributed by atoms with E-state index < -0.39 is 12.0 Å². The molecule has 1 atom stereocenters. The zero-order valence-corrected chi connectivity index (χ0v) is 8.56. The maximum absolute atomic E-state index is 11.4. The molecule has 15 heavy (non-hydrogen) atoms. The molecule has 0 aliphatic rings. The standard InChI is InChI=1S/C10H12N2O3/c1-7(13)12-9(10(14)15-2)8-3-5-11-6-4-8/h3-6,9H,1-2H3,(H,12,13). The summed E-state index contributed by atoms with van der Waals surface area (Å²) in [5, 5.41) is 2.51. The third kappa shape index (κ3) is 3.05. The van der Waals surface area contributed by atoms with Crippen molar-refractivity contribution in [2.75, 3.05) is 7.11 Å². The topological polar surface area (TPSA) is 68.3 Å². The van der Waals surface area contributed by atoms with E-state index >= 15 is 0 Å². The van der Waals surface area contributed by atoms with Gasteiger partial charge in [0.05, 0.1) is 7.11 Å². The van der Waals surface area contributed by atoms with Crippen molar-refractivity contribution < 1.29 is 14.3 Å². The van der Waals surface area contributed by atoms with Crippen LogP contribution in [0.15, 0.2) is 24.5 Å². The highest BCUT2D eigenvalue weighted by Gasteiger charge is 2.21. The summed E-state index contributed by atoms with van der Waals surface area (Å²) in [6, 6.07) is 2.53. The molecule has 0 saturated heterocycles. The first kappa shape index (κ1) is 11.2. The molecule has 0 aliphatic heterocycles. The van der Waals surface area contributed by atoms with E-state index in [0.717, 1.165) is 0 Å². The molecule has 1 aromatic heterocycles. The van der Waals surface area contributed by atoms with Crippen molar-refractivity contribution in [3.63, 3.8) is 0 Å². The van der Waals surface area contributed by atoms with E-state index in [1.807, 2.05) is 0 Å². The van der Waals surface area contributed by atoms with Crippen LogP contribution in [0.3, 0.4) is 0 Å². The molecule has 0 radical (unpaired) electrons. The van der Waals surface area contributed by atoms with Crippen LogP contribution in [0.5, 0.6) is 0 Å². The lowest BCUT2D eigenvalue weighted by atomic mass is 10.1. The number of nitrogens with zero attached hydrogens (tertiary/aromatic N) is 1. The summed E-state index contributed by atoms with van der Waals surface area (Å²) >= 11 is 0. The summed E-state index contributed by atoms with van der Waals surface area (Å²) in [6.07, 6.45) is 3.10. The molecular weight excluding hydrogens is 196 g/mol. The number of hydrogen-bond acceptors (Lipinski definition) is 4. The Hall–Kier alpha value is -1.91. The Kier molecular flexibility index (Phi) is 3.79. The van der Waals surface area contributed by atoms with Gasteiger partial charge in [-0.15, -0.1) is 0 Å². The molecule has 5 nitrogen and oxygen atoms in total. The minimum atomic E-state index is -0.768. The van der Waals surface area contributed by atoms with Crippen molar-refractivity contribution in [3.8, 4) is 0 Å². The summed E-state index contributed by atoms with van der Waals surface area (Å²) < 4.78 is 4.59. The molecule has 1 N–H and O–H groups in total. The number of pyridine rings is 1. The van der Waals surface area contributed by atoms with E-state index in [1.165, 1.54) is 14.0 Å². The van der Waals surface area contributed by atoms with Crippen LogP contribution in [-0.2, 0) is 14.3 Å². The second-order valence-corrected chi connectivity index (χ2v) is 2.94. The van der Waals surface area contributed by atoms with Crippen molar-refractivity contribution in [2.24, 2.45) is 0 Å². The van der Waals surface area contributed by atoms with Gasteiger partial charge in [-0.1, -0.05) is 0 Å². The number of aromatic nitrogens is 1. The van der Waals surface area contributed by atoms with Gasteiger partial charge in [-0.25, -0.2) is 4.79 Å². The minimum absolute atomic E-state index is 0.290. The van der Waals surface area contributed by atoms with Gasteiger partial charge in [0.25, 0.3) is 0 Å². The Bertz CT molecular complexity index is 351. The van der Waals surface area contributed by atoms with Crippen LogP contribution >= 0.6 is 0 Å². The average Bonchev–Trinajstić information content (AvgIpc) is 2.26. The van der Waals surface area contributed by atoms with Crippen LogP contribution in [0.25, 0.3) is 0 Å². The number of amides is 1. The van der Waals surface area contributed by atoms with Crippen molar-refractivity contribution in [1.82, 2.24) is 10.3 Å². The lowest BCUT2D eigenvalue weighted by Gasteiger charge is -2.15. The number of nitrogens with one attached hydrogen (secondary N) is 1. The third-order valence-electron chi connectivity index (χ3n) is 1.82. The molecule has 0 aliphatic carbocycles. The van der Waals surface area contributed by atoms with Crippen molar-refractivity contribution >= 4 is 11.9 Å². The molecule has 0 bridgehead atoms. The predicted molar refractivity (Wildman–Crippen MR) is 52.8 cm³/mol. The van der Waals surface area contributed by atoms with E-state index in [-0.39, 0.29) is 5.91 Å². The van der Waals surface area contributed by atoms with Gasteiger partial charge >= 0.3 is 5.97 Å². The Morgan fingerprint density at radius 1 is 1.40 bits per heavy atom. The molecule has 80 valence electrons. The third-order valence-corrected chi connectivity index (χ3v) is 1.82. The molecule has 0 spiro atoms. The lowest BCUT2D eigenvalue weighted by molar-refractivity contribution is -0.145. The number of ether oxygens (including phenoxy) is 1. The van der Waals surface area contributed by atoms with E-state index in [2.05, 4.69) is 15.0 Å². The fraction of sp³-hybridized carbons (Fsp3) is 0.300. The Morgan fingerprint density at radius 3 is 2.47 bits per heavy atom. The van der Waals surface area contributed by atoms with Crippen molar-refractivity contribution in [3.05, 3.63) is 30.1 Å². The molecule has 0 aromatic carbocycles. The molecule has 1 amide bonds. The van der Waals surface area contributed by atoms with Crippen molar-refractivity contribution in [1.29, 1.82) is 0 Å². The van der Waals surface area contributed by atoms with Gasteiger partial charge < -0.3 is 10.1 Å². The summed E-state index contributed by atoms with van der Waals surface area (Å²) in [5.74, 6) is -0.793. The maximum Gasteiger partial charge on any atom is 0.333 e. The van der Waals surface area contributed by atoms with Gasteiger partial charge in [-0.05, 0) is 17.7 Å². The van der Waals surface area contributed by atoms with E-state index in [4.69, 9.17) is 0 Å². The van der Waals surface area contributed by atoms with Gasteiger partial charge in [-0.3, -0.25) is 9.78 Å². The summed E-state index contributed by atoms with van der Waals surface area (Å²) in [6.45, 7) is 1.34. The number of hydrogen-bond donors (Lipinski definition) is 1. The first-order valence-electron chi connectivity index (χ1n) is 4.40. The Balaban J connectivity index is 2.91. The summed E-state index contributed by atoms with van der Waals surface area (Å²) in [5.41, 5.74) is 0.645. The number of carbonyl (C=O) groups excluding carboxylic acids is 2. The van der Waals surface area contributed by atoms with Crippen LogP contribution in [0.4, 0.5) is 0 Å². The van der Waals surface area contributed by atoms with Crippen LogP contribution in [0, 0.1) is 0 Å². The van der Waals surface area contributed by atoms with Crippen LogP contribution < -0.4 is 5.32 Å². The quantitative estimate of drug-likeness (QED) is 0.731. The summed E-state index contributed by atoms with van der Waals surface area (Å²) in [7, 11) is 1.28. The second-order valence-electron chi connectivity index (χ2n) is 2.94. The molecule has 1 aromatic rings. The molecule has 0 saturated carbocycles. The second kappa shape index (κ2) is 5.09. The zero-order chi connectivity index (χ0) is 11.3. The molecule has 5 heteroatoms. The van der Waals surface area contributed by atoms with Gasteiger partial charge in [0.2, 0.25) is 5.91 Å². The summed E-state index contributed by atoms with van der Waals surface area (Å²) in [4.78, 5) is 26.1. The van der Waals surface area contributed by atoms with Crippen LogP contribution in [0.2, 0.25) is 0 Å². The van der Waals surface area contributed by atoms with E-state index in [1.54, 1.807) is 24.5 Å².